The lowest BCUT2D eigenvalue weighted by Gasteiger charge is -2.31. The quantitative estimate of drug-likeness (QED) is 0.550. The van der Waals surface area contributed by atoms with Crippen LogP contribution in [0.25, 0.3) is 0 Å². The van der Waals surface area contributed by atoms with Gasteiger partial charge in [-0.1, -0.05) is 81.8 Å². The van der Waals surface area contributed by atoms with Crippen molar-refractivity contribution in [1.82, 2.24) is 10.2 Å². The first-order chi connectivity index (χ1) is 14.8. The number of benzene rings is 2. The van der Waals surface area contributed by atoms with E-state index in [0.717, 1.165) is 23.1 Å². The molecule has 0 unspecified atom stereocenters. The summed E-state index contributed by atoms with van der Waals surface area (Å²) in [5.41, 5.74) is 4.65. The van der Waals surface area contributed by atoms with Crippen molar-refractivity contribution in [3.8, 4) is 0 Å². The highest BCUT2D eigenvalue weighted by Crippen LogP contribution is 2.16. The second-order valence-corrected chi connectivity index (χ2v) is 8.74. The van der Waals surface area contributed by atoms with Crippen LogP contribution in [0.5, 0.6) is 0 Å². The maximum absolute atomic E-state index is 13.3. The van der Waals surface area contributed by atoms with Crippen LogP contribution < -0.4 is 5.32 Å². The van der Waals surface area contributed by atoms with Crippen molar-refractivity contribution in [2.45, 2.75) is 72.9 Å². The number of amides is 2. The van der Waals surface area contributed by atoms with Gasteiger partial charge >= 0.3 is 0 Å². The fourth-order valence-corrected chi connectivity index (χ4v) is 3.69. The lowest BCUT2D eigenvalue weighted by molar-refractivity contribution is -0.141. The van der Waals surface area contributed by atoms with Crippen molar-refractivity contribution in [2.24, 2.45) is 5.92 Å². The molecule has 4 nitrogen and oxygen atoms in total. The summed E-state index contributed by atoms with van der Waals surface area (Å²) in [6, 6.07) is 16.1. The van der Waals surface area contributed by atoms with Crippen molar-refractivity contribution in [2.75, 3.05) is 6.54 Å². The van der Waals surface area contributed by atoms with Crippen molar-refractivity contribution >= 4 is 11.8 Å². The topological polar surface area (TPSA) is 49.4 Å². The fraction of sp³-hybridized carbons (Fsp3) is 0.481. The highest BCUT2D eigenvalue weighted by molar-refractivity contribution is 5.87. The second-order valence-electron chi connectivity index (χ2n) is 8.74. The first-order valence-corrected chi connectivity index (χ1v) is 11.5. The third kappa shape index (κ3) is 7.86. The van der Waals surface area contributed by atoms with E-state index >= 15 is 0 Å². The summed E-state index contributed by atoms with van der Waals surface area (Å²) in [6.45, 7) is 11.4. The van der Waals surface area contributed by atoms with Gasteiger partial charge in [-0.15, -0.1) is 0 Å². The highest BCUT2D eigenvalue weighted by Gasteiger charge is 2.28. The summed E-state index contributed by atoms with van der Waals surface area (Å²) in [5, 5.41) is 3.02. The Hall–Kier alpha value is -2.62. The van der Waals surface area contributed by atoms with Crippen LogP contribution in [0.1, 0.15) is 62.8 Å². The van der Waals surface area contributed by atoms with E-state index in [0.29, 0.717) is 38.3 Å². The third-order valence-corrected chi connectivity index (χ3v) is 5.56. The summed E-state index contributed by atoms with van der Waals surface area (Å²) in [5.74, 6) is 0.325. The van der Waals surface area contributed by atoms with E-state index in [9.17, 15) is 9.59 Å². The number of carbonyl (C=O) groups is 2. The van der Waals surface area contributed by atoms with Crippen LogP contribution in [-0.4, -0.2) is 29.3 Å². The molecule has 0 aliphatic rings. The molecule has 168 valence electrons. The first-order valence-electron chi connectivity index (χ1n) is 11.5. The molecule has 0 aliphatic carbocycles. The Bertz CT molecular complexity index is 843. The molecule has 0 saturated heterocycles. The number of rotatable bonds is 11. The van der Waals surface area contributed by atoms with Crippen LogP contribution in [0.3, 0.4) is 0 Å². The molecule has 4 heteroatoms. The summed E-state index contributed by atoms with van der Waals surface area (Å²) in [6.07, 6.45) is 2.67. The molecule has 2 amide bonds. The lowest BCUT2D eigenvalue weighted by atomic mass is 10.0. The molecular weight excluding hydrogens is 384 g/mol. The SMILES string of the molecule is CCc1ccc(CCC(=O)N(Cc2cccc(C)c2)[C@H](CC)C(=O)NCC(C)C)cc1. The standard InChI is InChI=1S/C27H38N2O2/c1-6-22-11-13-23(14-12-22)15-16-26(30)29(19-24-10-8-9-21(5)17-24)25(7-2)27(31)28-18-20(3)4/h8-14,17,20,25H,6-7,15-16,18-19H2,1-5H3,(H,28,31)/t25-/m1/s1. The minimum absolute atomic E-state index is 0.0209. The van der Waals surface area contributed by atoms with Crippen molar-refractivity contribution in [1.29, 1.82) is 0 Å². The van der Waals surface area contributed by atoms with Crippen LogP contribution in [0.4, 0.5) is 0 Å². The minimum atomic E-state index is -0.464. The zero-order valence-electron chi connectivity index (χ0n) is 19.8. The van der Waals surface area contributed by atoms with Gasteiger partial charge in [-0.2, -0.15) is 0 Å². The Morgan fingerprint density at radius 3 is 2.23 bits per heavy atom. The maximum atomic E-state index is 13.3. The molecule has 0 heterocycles. The third-order valence-electron chi connectivity index (χ3n) is 5.56. The molecule has 2 aromatic rings. The normalized spacial score (nSPS) is 11.9. The van der Waals surface area contributed by atoms with Gasteiger partial charge in [-0.3, -0.25) is 9.59 Å². The van der Waals surface area contributed by atoms with E-state index in [4.69, 9.17) is 0 Å². The number of nitrogens with zero attached hydrogens (tertiary/aromatic N) is 1. The minimum Gasteiger partial charge on any atom is -0.354 e. The largest absolute Gasteiger partial charge is 0.354 e. The summed E-state index contributed by atoms with van der Waals surface area (Å²) in [4.78, 5) is 28.0. The summed E-state index contributed by atoms with van der Waals surface area (Å²) >= 11 is 0. The molecule has 0 fully saturated rings. The molecule has 2 rings (SSSR count). The van der Waals surface area contributed by atoms with Crippen molar-refractivity contribution < 1.29 is 9.59 Å². The van der Waals surface area contributed by atoms with Crippen LogP contribution in [0.2, 0.25) is 0 Å². The molecule has 0 spiro atoms. The molecule has 1 N–H and O–H groups in total. The average molecular weight is 423 g/mol. The van der Waals surface area contributed by atoms with Gasteiger partial charge in [-0.25, -0.2) is 0 Å². The van der Waals surface area contributed by atoms with Crippen LogP contribution in [0.15, 0.2) is 48.5 Å². The number of hydrogen-bond donors (Lipinski definition) is 1. The van der Waals surface area contributed by atoms with Gasteiger partial charge in [0.2, 0.25) is 11.8 Å². The van der Waals surface area contributed by atoms with Crippen LogP contribution >= 0.6 is 0 Å². The highest BCUT2D eigenvalue weighted by atomic mass is 16.2. The molecule has 31 heavy (non-hydrogen) atoms. The summed E-state index contributed by atoms with van der Waals surface area (Å²) < 4.78 is 0. The van der Waals surface area contributed by atoms with Gasteiger partial charge in [-0.05, 0) is 48.8 Å². The monoisotopic (exact) mass is 422 g/mol. The number of hydrogen-bond acceptors (Lipinski definition) is 2. The lowest BCUT2D eigenvalue weighted by Crippen LogP contribution is -2.49. The Kier molecular flexibility index (Phi) is 9.77. The van der Waals surface area contributed by atoms with E-state index in [1.165, 1.54) is 5.56 Å². The predicted octanol–water partition coefficient (Wildman–Crippen LogP) is 5.07. The van der Waals surface area contributed by atoms with Crippen molar-refractivity contribution in [3.63, 3.8) is 0 Å². The number of carbonyl (C=O) groups excluding carboxylic acids is 2. The predicted molar refractivity (Wildman–Crippen MR) is 128 cm³/mol. The van der Waals surface area contributed by atoms with Gasteiger partial charge in [0.1, 0.15) is 6.04 Å². The molecule has 0 aliphatic heterocycles. The molecule has 0 radical (unpaired) electrons. The number of aryl methyl sites for hydroxylation is 3. The van der Waals surface area contributed by atoms with E-state index in [-0.39, 0.29) is 11.8 Å². The Morgan fingerprint density at radius 1 is 0.968 bits per heavy atom. The molecule has 0 aromatic heterocycles. The van der Waals surface area contributed by atoms with Crippen LogP contribution in [0, 0.1) is 12.8 Å². The number of nitrogens with one attached hydrogen (secondary N) is 1. The van der Waals surface area contributed by atoms with Gasteiger partial charge in [0, 0.05) is 19.5 Å². The van der Waals surface area contributed by atoms with E-state index in [1.807, 2.05) is 32.0 Å². The van der Waals surface area contributed by atoms with E-state index in [2.05, 4.69) is 56.4 Å². The van der Waals surface area contributed by atoms with Gasteiger partial charge in [0.25, 0.3) is 0 Å². The molecule has 0 saturated carbocycles. The van der Waals surface area contributed by atoms with Gasteiger partial charge in [0.05, 0.1) is 0 Å². The van der Waals surface area contributed by atoms with Crippen molar-refractivity contribution in [3.05, 3.63) is 70.8 Å². The zero-order valence-corrected chi connectivity index (χ0v) is 19.8. The average Bonchev–Trinajstić information content (AvgIpc) is 2.76. The molecule has 2 aromatic carbocycles. The summed E-state index contributed by atoms with van der Waals surface area (Å²) in [7, 11) is 0. The smallest absolute Gasteiger partial charge is 0.242 e. The van der Waals surface area contributed by atoms with Gasteiger partial charge < -0.3 is 10.2 Å². The van der Waals surface area contributed by atoms with E-state index in [1.54, 1.807) is 4.90 Å². The second kappa shape index (κ2) is 12.3. The van der Waals surface area contributed by atoms with Gasteiger partial charge in [0.15, 0.2) is 0 Å². The Morgan fingerprint density at radius 2 is 1.65 bits per heavy atom. The Labute approximate surface area is 188 Å². The molecule has 0 bridgehead atoms. The maximum Gasteiger partial charge on any atom is 0.242 e. The Balaban J connectivity index is 2.17. The zero-order chi connectivity index (χ0) is 22.8. The van der Waals surface area contributed by atoms with Crippen LogP contribution in [-0.2, 0) is 29.0 Å². The fourth-order valence-electron chi connectivity index (χ4n) is 3.69. The van der Waals surface area contributed by atoms with E-state index < -0.39 is 6.04 Å². The first kappa shape index (κ1) is 24.6. The molecule has 1 atom stereocenters. The molecular formula is C27H38N2O2.